The first-order valence-electron chi connectivity index (χ1n) is 8.21. The molecular formula is C18H24N4O3. The normalized spacial score (nSPS) is 10.5. The Bertz CT molecular complexity index is 750. The Morgan fingerprint density at radius 3 is 2.36 bits per heavy atom. The predicted octanol–water partition coefficient (Wildman–Crippen LogP) is 1.22. The number of amides is 2. The molecule has 0 atom stereocenters. The molecule has 0 saturated heterocycles. The van der Waals surface area contributed by atoms with Crippen LogP contribution in [0, 0.1) is 13.8 Å². The van der Waals surface area contributed by atoms with E-state index < -0.39 is 0 Å². The Morgan fingerprint density at radius 1 is 1.12 bits per heavy atom. The van der Waals surface area contributed by atoms with E-state index in [4.69, 9.17) is 0 Å². The van der Waals surface area contributed by atoms with Gasteiger partial charge in [-0.15, -0.1) is 0 Å². The van der Waals surface area contributed by atoms with E-state index in [1.165, 1.54) is 12.1 Å². The number of aromatic nitrogens is 2. The Kier molecular flexibility index (Phi) is 6.16. The zero-order valence-electron chi connectivity index (χ0n) is 14.8. The molecular weight excluding hydrogens is 320 g/mol. The number of aryl methyl sites for hydroxylation is 2. The van der Waals surface area contributed by atoms with Crippen LogP contribution in [0.4, 0.5) is 0 Å². The van der Waals surface area contributed by atoms with E-state index in [9.17, 15) is 14.7 Å². The van der Waals surface area contributed by atoms with Gasteiger partial charge in [0.2, 0.25) is 5.91 Å². The van der Waals surface area contributed by atoms with Crippen molar-refractivity contribution in [1.29, 1.82) is 0 Å². The molecule has 0 fully saturated rings. The van der Waals surface area contributed by atoms with Gasteiger partial charge in [0.25, 0.3) is 5.91 Å². The van der Waals surface area contributed by atoms with E-state index in [1.54, 1.807) is 12.1 Å². The first kappa shape index (κ1) is 18.5. The van der Waals surface area contributed by atoms with Crippen LogP contribution in [0.3, 0.4) is 0 Å². The summed E-state index contributed by atoms with van der Waals surface area (Å²) in [6.07, 6.45) is 1.04. The second-order valence-electron chi connectivity index (χ2n) is 5.93. The van der Waals surface area contributed by atoms with E-state index >= 15 is 0 Å². The quantitative estimate of drug-likeness (QED) is 0.658. The number of phenolic OH excluding ortho intramolecular Hbond substituents is 1. The Labute approximate surface area is 147 Å². The molecule has 134 valence electrons. The van der Waals surface area contributed by atoms with Gasteiger partial charge in [0.15, 0.2) is 0 Å². The number of rotatable bonds is 7. The van der Waals surface area contributed by atoms with Crippen molar-refractivity contribution in [2.45, 2.75) is 26.7 Å². The highest BCUT2D eigenvalue weighted by Gasteiger charge is 2.11. The summed E-state index contributed by atoms with van der Waals surface area (Å²) < 4.78 is 1.82. The lowest BCUT2D eigenvalue weighted by molar-refractivity contribution is -0.121. The molecule has 2 rings (SSSR count). The zero-order chi connectivity index (χ0) is 18.4. The Balaban J connectivity index is 1.68. The summed E-state index contributed by atoms with van der Waals surface area (Å²) in [6.45, 7) is 4.65. The zero-order valence-corrected chi connectivity index (χ0v) is 14.8. The van der Waals surface area contributed by atoms with Crippen LogP contribution in [0.1, 0.15) is 33.7 Å². The van der Waals surface area contributed by atoms with Gasteiger partial charge in [-0.05, 0) is 50.1 Å². The van der Waals surface area contributed by atoms with Crippen LogP contribution in [-0.4, -0.2) is 39.8 Å². The third kappa shape index (κ3) is 5.07. The molecule has 1 aromatic heterocycles. The molecule has 0 radical (unpaired) electrons. The molecule has 0 spiro atoms. The molecule has 7 heteroatoms. The third-order valence-corrected chi connectivity index (χ3v) is 4.12. The molecule has 0 unspecified atom stereocenters. The Hall–Kier alpha value is -2.83. The maximum Gasteiger partial charge on any atom is 0.251 e. The lowest BCUT2D eigenvalue weighted by atomic mass is 10.1. The monoisotopic (exact) mass is 344 g/mol. The van der Waals surface area contributed by atoms with Crippen molar-refractivity contribution in [1.82, 2.24) is 20.4 Å². The largest absolute Gasteiger partial charge is 0.508 e. The summed E-state index contributed by atoms with van der Waals surface area (Å²) in [5, 5.41) is 19.1. The van der Waals surface area contributed by atoms with Crippen LogP contribution >= 0.6 is 0 Å². The molecule has 3 N–H and O–H groups in total. The van der Waals surface area contributed by atoms with Crippen LogP contribution in [-0.2, 0) is 18.3 Å². The van der Waals surface area contributed by atoms with Crippen molar-refractivity contribution in [3.05, 3.63) is 46.8 Å². The summed E-state index contributed by atoms with van der Waals surface area (Å²) in [5.74, 6) is -0.180. The van der Waals surface area contributed by atoms with Gasteiger partial charge >= 0.3 is 0 Å². The fraction of sp³-hybridized carbons (Fsp3) is 0.389. The molecule has 0 aliphatic carbocycles. The van der Waals surface area contributed by atoms with Gasteiger partial charge in [0, 0.05) is 37.8 Å². The number of hydrogen-bond acceptors (Lipinski definition) is 4. The molecule has 0 aliphatic rings. The van der Waals surface area contributed by atoms with Gasteiger partial charge in [-0.1, -0.05) is 0 Å². The van der Waals surface area contributed by atoms with Gasteiger partial charge in [-0.25, -0.2) is 0 Å². The Morgan fingerprint density at radius 2 is 1.76 bits per heavy atom. The van der Waals surface area contributed by atoms with Crippen LogP contribution in [0.15, 0.2) is 24.3 Å². The molecule has 0 bridgehead atoms. The summed E-state index contributed by atoms with van der Waals surface area (Å²) >= 11 is 0. The lowest BCUT2D eigenvalue weighted by Crippen LogP contribution is -2.34. The van der Waals surface area contributed by atoms with E-state index in [0.29, 0.717) is 31.5 Å². The molecule has 2 amide bonds. The molecule has 0 aliphatic heterocycles. The molecule has 25 heavy (non-hydrogen) atoms. The highest BCUT2D eigenvalue weighted by Crippen LogP contribution is 2.13. The first-order valence-corrected chi connectivity index (χ1v) is 8.21. The van der Waals surface area contributed by atoms with Crippen molar-refractivity contribution in [2.75, 3.05) is 13.1 Å². The predicted molar refractivity (Wildman–Crippen MR) is 94.5 cm³/mol. The summed E-state index contributed by atoms with van der Waals surface area (Å²) in [6, 6.07) is 6.00. The van der Waals surface area contributed by atoms with Crippen LogP contribution < -0.4 is 10.6 Å². The van der Waals surface area contributed by atoms with Gasteiger partial charge in [0.1, 0.15) is 5.75 Å². The first-order chi connectivity index (χ1) is 11.9. The van der Waals surface area contributed by atoms with Crippen molar-refractivity contribution < 1.29 is 14.7 Å². The van der Waals surface area contributed by atoms with E-state index in [1.807, 2.05) is 25.6 Å². The minimum atomic E-state index is -0.240. The summed E-state index contributed by atoms with van der Waals surface area (Å²) in [5.41, 5.74) is 3.60. The fourth-order valence-electron chi connectivity index (χ4n) is 2.60. The maximum atomic E-state index is 11.9. The van der Waals surface area contributed by atoms with Crippen molar-refractivity contribution >= 4 is 11.8 Å². The van der Waals surface area contributed by atoms with Gasteiger partial charge in [-0.2, -0.15) is 5.10 Å². The van der Waals surface area contributed by atoms with Crippen molar-refractivity contribution in [3.8, 4) is 5.75 Å². The maximum absolute atomic E-state index is 11.9. The topological polar surface area (TPSA) is 96.3 Å². The molecule has 7 nitrogen and oxygen atoms in total. The molecule has 1 heterocycles. The lowest BCUT2D eigenvalue weighted by Gasteiger charge is -2.08. The second-order valence-corrected chi connectivity index (χ2v) is 5.93. The number of benzene rings is 1. The minimum absolute atomic E-state index is 0.0541. The number of aromatic hydroxyl groups is 1. The average Bonchev–Trinajstić information content (AvgIpc) is 2.82. The number of hydrogen-bond donors (Lipinski definition) is 3. The SMILES string of the molecule is Cc1nn(C)c(C)c1CCC(=O)NCCNC(=O)c1ccc(O)cc1. The van der Waals surface area contributed by atoms with Crippen LogP contribution in [0.2, 0.25) is 0 Å². The number of carbonyl (C=O) groups excluding carboxylic acids is 2. The summed E-state index contributed by atoms with van der Waals surface area (Å²) in [7, 11) is 1.89. The van der Waals surface area contributed by atoms with Gasteiger partial charge in [-0.3, -0.25) is 14.3 Å². The number of nitrogens with zero attached hydrogens (tertiary/aromatic N) is 2. The molecule has 2 aromatic rings. The van der Waals surface area contributed by atoms with Crippen LogP contribution in [0.5, 0.6) is 5.75 Å². The second kappa shape index (κ2) is 8.32. The van der Waals surface area contributed by atoms with E-state index in [2.05, 4.69) is 15.7 Å². The van der Waals surface area contributed by atoms with Gasteiger partial charge < -0.3 is 15.7 Å². The van der Waals surface area contributed by atoms with Crippen LogP contribution in [0.25, 0.3) is 0 Å². The van der Waals surface area contributed by atoms with Crippen molar-refractivity contribution in [2.24, 2.45) is 7.05 Å². The van der Waals surface area contributed by atoms with Crippen molar-refractivity contribution in [3.63, 3.8) is 0 Å². The third-order valence-electron chi connectivity index (χ3n) is 4.12. The number of carbonyl (C=O) groups is 2. The smallest absolute Gasteiger partial charge is 0.251 e. The minimum Gasteiger partial charge on any atom is -0.508 e. The number of phenols is 1. The highest BCUT2D eigenvalue weighted by molar-refractivity contribution is 5.94. The standard InChI is InChI=1S/C18H24N4O3/c1-12-16(13(2)22(3)21-12)8-9-17(24)19-10-11-20-18(25)14-4-6-15(23)7-5-14/h4-7,23H,8-11H2,1-3H3,(H,19,24)(H,20,25). The van der Waals surface area contributed by atoms with Gasteiger partial charge in [0.05, 0.1) is 5.69 Å². The number of nitrogens with one attached hydrogen (secondary N) is 2. The van der Waals surface area contributed by atoms with E-state index in [-0.39, 0.29) is 17.6 Å². The van der Waals surface area contributed by atoms with E-state index in [0.717, 1.165) is 17.0 Å². The average molecular weight is 344 g/mol. The molecule has 1 aromatic carbocycles. The summed E-state index contributed by atoms with van der Waals surface area (Å²) in [4.78, 5) is 23.8. The molecule has 0 saturated carbocycles. The fourth-order valence-corrected chi connectivity index (χ4v) is 2.60. The highest BCUT2D eigenvalue weighted by atomic mass is 16.3.